The Bertz CT molecular complexity index is 1130. The number of nitrogens with one attached hydrogen (secondary N) is 1. The quantitative estimate of drug-likeness (QED) is 0.550. The van der Waals surface area contributed by atoms with E-state index in [1.807, 2.05) is 12.1 Å². The Hall–Kier alpha value is -2.75. The third-order valence-corrected chi connectivity index (χ3v) is 6.15. The molecule has 0 atom stereocenters. The predicted octanol–water partition coefficient (Wildman–Crippen LogP) is 4.06. The number of carbonyl (C=O) groups excluding carboxylic acids is 1. The molecule has 0 aliphatic carbocycles. The lowest BCUT2D eigenvalue weighted by molar-refractivity contribution is 0.102. The zero-order valence-electron chi connectivity index (χ0n) is 15.4. The van der Waals surface area contributed by atoms with Gasteiger partial charge in [0, 0.05) is 16.1 Å². The van der Waals surface area contributed by atoms with Gasteiger partial charge < -0.3 is 0 Å². The Balaban J connectivity index is 1.73. The van der Waals surface area contributed by atoms with Crippen LogP contribution in [0.3, 0.4) is 0 Å². The van der Waals surface area contributed by atoms with Crippen LogP contribution in [0.25, 0.3) is 10.6 Å². The molecule has 3 rings (SSSR count). The minimum absolute atomic E-state index is 0.142. The first-order valence-corrected chi connectivity index (χ1v) is 11.4. The van der Waals surface area contributed by atoms with Crippen molar-refractivity contribution in [1.82, 2.24) is 10.2 Å². The summed E-state index contributed by atoms with van der Waals surface area (Å²) in [5.41, 5.74) is 1.66. The van der Waals surface area contributed by atoms with E-state index in [0.717, 1.165) is 11.8 Å². The number of amides is 1. The van der Waals surface area contributed by atoms with E-state index in [1.165, 1.54) is 21.7 Å². The highest BCUT2D eigenvalue weighted by Crippen LogP contribution is 2.27. The van der Waals surface area contributed by atoms with Gasteiger partial charge in [-0.15, -0.1) is 16.8 Å². The lowest BCUT2D eigenvalue weighted by atomic mass is 10.2. The largest absolute Gasteiger partial charge is 0.296 e. The summed E-state index contributed by atoms with van der Waals surface area (Å²) in [4.78, 5) is 12.5. The molecule has 1 amide bonds. The molecular formula is C19H17ClN4O3S2. The third-order valence-electron chi connectivity index (χ3n) is 3.85. The number of nitrogens with zero attached hydrogens (tertiary/aromatic N) is 3. The van der Waals surface area contributed by atoms with Gasteiger partial charge in [-0.05, 0) is 36.4 Å². The zero-order valence-corrected chi connectivity index (χ0v) is 17.8. The summed E-state index contributed by atoms with van der Waals surface area (Å²) in [5.74, 6) is -0.370. The summed E-state index contributed by atoms with van der Waals surface area (Å²) < 4.78 is 25.0. The molecule has 0 fully saturated rings. The summed E-state index contributed by atoms with van der Waals surface area (Å²) in [7, 11) is -3.45. The van der Waals surface area contributed by atoms with Crippen LogP contribution in [0, 0.1) is 0 Å². The molecule has 150 valence electrons. The summed E-state index contributed by atoms with van der Waals surface area (Å²) in [6, 6.07) is 13.4. The van der Waals surface area contributed by atoms with Crippen molar-refractivity contribution < 1.29 is 13.2 Å². The van der Waals surface area contributed by atoms with Crippen molar-refractivity contribution in [3.8, 4) is 10.6 Å². The second-order valence-electron chi connectivity index (χ2n) is 6.00. The van der Waals surface area contributed by atoms with Crippen molar-refractivity contribution in [2.45, 2.75) is 0 Å². The van der Waals surface area contributed by atoms with Crippen molar-refractivity contribution in [2.24, 2.45) is 0 Å². The molecule has 0 spiro atoms. The number of hydrogen-bond donors (Lipinski definition) is 1. The number of rotatable bonds is 7. The Morgan fingerprint density at radius 1 is 1.17 bits per heavy atom. The standard InChI is InChI=1S/C19H17ClN4O3S2/c1-3-12-24(29(2,26)27)16-10-6-13(7-11-16)17(25)21-19-23-22-18(28-19)14-4-8-15(20)9-5-14/h3-11H,1,12H2,2H3,(H,21,23,25). The number of carbonyl (C=O) groups is 1. The fourth-order valence-electron chi connectivity index (χ4n) is 2.48. The average Bonchev–Trinajstić information content (AvgIpc) is 3.14. The average molecular weight is 449 g/mol. The molecule has 2 aromatic carbocycles. The zero-order chi connectivity index (χ0) is 21.0. The van der Waals surface area contributed by atoms with E-state index in [1.54, 1.807) is 36.4 Å². The van der Waals surface area contributed by atoms with Crippen LogP contribution in [-0.4, -0.2) is 37.3 Å². The monoisotopic (exact) mass is 448 g/mol. The Labute approximate surface area is 177 Å². The molecule has 1 N–H and O–H groups in total. The van der Waals surface area contributed by atoms with E-state index in [9.17, 15) is 13.2 Å². The second kappa shape index (κ2) is 8.73. The molecule has 7 nitrogen and oxygen atoms in total. The Kier molecular flexibility index (Phi) is 6.31. The van der Waals surface area contributed by atoms with Crippen LogP contribution in [0.4, 0.5) is 10.8 Å². The van der Waals surface area contributed by atoms with E-state index in [0.29, 0.717) is 26.4 Å². The van der Waals surface area contributed by atoms with Gasteiger partial charge in [-0.3, -0.25) is 14.4 Å². The van der Waals surface area contributed by atoms with E-state index >= 15 is 0 Å². The molecule has 0 bridgehead atoms. The van der Waals surface area contributed by atoms with Crippen LogP contribution < -0.4 is 9.62 Å². The normalized spacial score (nSPS) is 11.1. The van der Waals surface area contributed by atoms with Crippen LogP contribution in [0.2, 0.25) is 5.02 Å². The van der Waals surface area contributed by atoms with Crippen molar-refractivity contribution >= 4 is 49.7 Å². The molecule has 1 heterocycles. The van der Waals surface area contributed by atoms with Gasteiger partial charge in [0.15, 0.2) is 0 Å². The summed E-state index contributed by atoms with van der Waals surface area (Å²) in [6.45, 7) is 3.71. The lowest BCUT2D eigenvalue weighted by Crippen LogP contribution is -2.29. The van der Waals surface area contributed by atoms with E-state index in [2.05, 4.69) is 22.1 Å². The first-order valence-electron chi connectivity index (χ1n) is 8.37. The molecule has 0 saturated carbocycles. The van der Waals surface area contributed by atoms with Crippen molar-refractivity contribution in [3.05, 3.63) is 71.8 Å². The highest BCUT2D eigenvalue weighted by molar-refractivity contribution is 7.92. The van der Waals surface area contributed by atoms with Crippen LogP contribution in [-0.2, 0) is 10.0 Å². The maximum Gasteiger partial charge on any atom is 0.257 e. The Morgan fingerprint density at radius 2 is 1.83 bits per heavy atom. The van der Waals surface area contributed by atoms with E-state index in [4.69, 9.17) is 11.6 Å². The van der Waals surface area contributed by atoms with Gasteiger partial charge in [0.2, 0.25) is 15.2 Å². The number of anilines is 2. The number of benzene rings is 2. The number of hydrogen-bond acceptors (Lipinski definition) is 6. The van der Waals surface area contributed by atoms with Gasteiger partial charge in [-0.25, -0.2) is 8.42 Å². The fraction of sp³-hybridized carbons (Fsp3) is 0.105. The van der Waals surface area contributed by atoms with Crippen molar-refractivity contribution in [2.75, 3.05) is 22.4 Å². The van der Waals surface area contributed by atoms with Gasteiger partial charge in [0.1, 0.15) is 5.01 Å². The highest BCUT2D eigenvalue weighted by atomic mass is 35.5. The molecule has 0 aliphatic rings. The number of sulfonamides is 1. The second-order valence-corrected chi connectivity index (χ2v) is 9.32. The third kappa shape index (κ3) is 5.20. The first kappa shape index (κ1) is 21.0. The van der Waals surface area contributed by atoms with Gasteiger partial charge in [0.25, 0.3) is 5.91 Å². The molecule has 1 aromatic heterocycles. The molecule has 3 aromatic rings. The maximum absolute atomic E-state index is 12.5. The number of aromatic nitrogens is 2. The van der Waals surface area contributed by atoms with Gasteiger partial charge in [-0.1, -0.05) is 41.1 Å². The molecule has 10 heteroatoms. The summed E-state index contributed by atoms with van der Waals surface area (Å²) in [5, 5.41) is 12.4. The number of halogens is 1. The Morgan fingerprint density at radius 3 is 2.41 bits per heavy atom. The van der Waals surface area contributed by atoms with Crippen LogP contribution >= 0.6 is 22.9 Å². The SMILES string of the molecule is C=CCN(c1ccc(C(=O)Nc2nnc(-c3ccc(Cl)cc3)s2)cc1)S(C)(=O)=O. The smallest absolute Gasteiger partial charge is 0.257 e. The molecule has 0 radical (unpaired) electrons. The topological polar surface area (TPSA) is 92.3 Å². The minimum Gasteiger partial charge on any atom is -0.296 e. The molecule has 29 heavy (non-hydrogen) atoms. The van der Waals surface area contributed by atoms with E-state index < -0.39 is 10.0 Å². The maximum atomic E-state index is 12.5. The fourth-order valence-corrected chi connectivity index (χ4v) is 4.23. The lowest BCUT2D eigenvalue weighted by Gasteiger charge is -2.20. The van der Waals surface area contributed by atoms with Crippen LogP contribution in [0.5, 0.6) is 0 Å². The minimum atomic E-state index is -3.45. The van der Waals surface area contributed by atoms with Gasteiger partial charge in [0.05, 0.1) is 18.5 Å². The molecule has 0 aliphatic heterocycles. The first-order chi connectivity index (χ1) is 13.8. The molecular weight excluding hydrogens is 432 g/mol. The van der Waals surface area contributed by atoms with Gasteiger partial charge in [-0.2, -0.15) is 0 Å². The summed E-state index contributed by atoms with van der Waals surface area (Å²) in [6.07, 6.45) is 2.61. The summed E-state index contributed by atoms with van der Waals surface area (Å²) >= 11 is 7.12. The van der Waals surface area contributed by atoms with Crippen molar-refractivity contribution in [3.63, 3.8) is 0 Å². The predicted molar refractivity (Wildman–Crippen MR) is 117 cm³/mol. The molecule has 0 saturated heterocycles. The molecule has 0 unspecified atom stereocenters. The van der Waals surface area contributed by atoms with Crippen molar-refractivity contribution in [1.29, 1.82) is 0 Å². The van der Waals surface area contributed by atoms with E-state index in [-0.39, 0.29) is 12.5 Å². The van der Waals surface area contributed by atoms with Crippen LogP contribution in [0.15, 0.2) is 61.2 Å². The highest BCUT2D eigenvalue weighted by Gasteiger charge is 2.17. The van der Waals surface area contributed by atoms with Gasteiger partial charge >= 0.3 is 0 Å². The van der Waals surface area contributed by atoms with Crippen LogP contribution in [0.1, 0.15) is 10.4 Å².